The van der Waals surface area contributed by atoms with Gasteiger partial charge in [-0.3, -0.25) is 14.5 Å². The van der Waals surface area contributed by atoms with Gasteiger partial charge in [0, 0.05) is 22.2 Å². The Hall–Kier alpha value is -3.58. The van der Waals surface area contributed by atoms with Gasteiger partial charge in [-0.1, -0.05) is 12.1 Å². The van der Waals surface area contributed by atoms with Crippen LogP contribution in [0.1, 0.15) is 35.9 Å². The largest absolute Gasteiger partial charge is 0.507 e. The molecule has 33 heavy (non-hydrogen) atoms. The van der Waals surface area contributed by atoms with E-state index in [0.717, 1.165) is 10.4 Å². The number of Topliss-reactive ketones (excluding diaryl/α,β-unsaturated/α-hetero) is 1. The number of aryl methyl sites for hydroxylation is 1. The van der Waals surface area contributed by atoms with E-state index in [4.69, 9.17) is 9.47 Å². The number of carbonyl (C=O) groups excluding carboxylic acids is 2. The summed E-state index contributed by atoms with van der Waals surface area (Å²) in [7, 11) is 1.54. The summed E-state index contributed by atoms with van der Waals surface area (Å²) in [6.07, 6.45) is 0.00941. The molecule has 6 nitrogen and oxygen atoms in total. The Kier molecular flexibility index (Phi) is 6.24. The van der Waals surface area contributed by atoms with Gasteiger partial charge in [0.25, 0.3) is 11.7 Å². The van der Waals surface area contributed by atoms with E-state index in [2.05, 4.69) is 0 Å². The van der Waals surface area contributed by atoms with Crippen LogP contribution in [-0.4, -0.2) is 30.0 Å². The van der Waals surface area contributed by atoms with Crippen LogP contribution >= 0.6 is 11.3 Å². The summed E-state index contributed by atoms with van der Waals surface area (Å²) in [5, 5.41) is 13.1. The fourth-order valence-electron chi connectivity index (χ4n) is 3.91. The van der Waals surface area contributed by atoms with Gasteiger partial charge in [0.15, 0.2) is 0 Å². The monoisotopic (exact) mass is 463 g/mol. The average Bonchev–Trinajstić information content (AvgIpc) is 3.41. The number of benzene rings is 2. The molecule has 1 aliphatic heterocycles. The number of ketones is 1. The number of anilines is 1. The lowest BCUT2D eigenvalue weighted by molar-refractivity contribution is -0.132. The predicted molar refractivity (Wildman–Crippen MR) is 129 cm³/mol. The Morgan fingerprint density at radius 3 is 2.52 bits per heavy atom. The van der Waals surface area contributed by atoms with E-state index < -0.39 is 17.7 Å². The lowest BCUT2D eigenvalue weighted by Crippen LogP contribution is -2.29. The van der Waals surface area contributed by atoms with Gasteiger partial charge in [-0.25, -0.2) is 0 Å². The lowest BCUT2D eigenvalue weighted by atomic mass is 9.98. The Morgan fingerprint density at radius 2 is 1.88 bits per heavy atom. The summed E-state index contributed by atoms with van der Waals surface area (Å²) < 4.78 is 11.1. The molecule has 1 atom stereocenters. The van der Waals surface area contributed by atoms with E-state index in [0.29, 0.717) is 22.7 Å². The molecule has 2 aromatic carbocycles. The first kappa shape index (κ1) is 22.6. The number of carbonyl (C=O) groups is 2. The van der Waals surface area contributed by atoms with Crippen molar-refractivity contribution in [3.63, 3.8) is 0 Å². The van der Waals surface area contributed by atoms with E-state index >= 15 is 0 Å². The minimum absolute atomic E-state index is 0.00941. The van der Waals surface area contributed by atoms with E-state index in [9.17, 15) is 14.7 Å². The zero-order valence-corrected chi connectivity index (χ0v) is 19.7. The molecule has 1 saturated heterocycles. The number of aliphatic hydroxyl groups is 1. The van der Waals surface area contributed by atoms with Crippen LogP contribution in [0.2, 0.25) is 0 Å². The van der Waals surface area contributed by atoms with Gasteiger partial charge in [0.05, 0.1) is 18.8 Å². The number of hydrogen-bond donors (Lipinski definition) is 1. The Balaban J connectivity index is 1.86. The summed E-state index contributed by atoms with van der Waals surface area (Å²) in [6, 6.07) is 15.2. The van der Waals surface area contributed by atoms with Gasteiger partial charge >= 0.3 is 0 Å². The van der Waals surface area contributed by atoms with Crippen molar-refractivity contribution in [2.24, 2.45) is 0 Å². The Bertz CT molecular complexity index is 1230. The molecule has 2 heterocycles. The fraction of sp³-hybridized carbons (Fsp3) is 0.231. The average molecular weight is 464 g/mol. The molecule has 1 amide bonds. The van der Waals surface area contributed by atoms with E-state index in [-0.39, 0.29) is 17.4 Å². The number of amides is 1. The van der Waals surface area contributed by atoms with E-state index in [1.165, 1.54) is 16.2 Å². The highest BCUT2D eigenvalue weighted by Crippen LogP contribution is 2.44. The molecule has 0 bridgehead atoms. The molecular weight excluding hydrogens is 438 g/mol. The molecule has 0 spiro atoms. The van der Waals surface area contributed by atoms with E-state index in [1.54, 1.807) is 49.6 Å². The third-order valence-electron chi connectivity index (χ3n) is 5.40. The minimum atomic E-state index is -0.746. The summed E-state index contributed by atoms with van der Waals surface area (Å²) in [5.74, 6) is -0.367. The summed E-state index contributed by atoms with van der Waals surface area (Å²) in [6.45, 7) is 5.75. The van der Waals surface area contributed by atoms with Gasteiger partial charge in [-0.15, -0.1) is 11.3 Å². The van der Waals surface area contributed by atoms with Crippen molar-refractivity contribution in [1.29, 1.82) is 0 Å². The lowest BCUT2D eigenvalue weighted by Gasteiger charge is -2.24. The maximum absolute atomic E-state index is 13.2. The smallest absolute Gasteiger partial charge is 0.300 e. The molecule has 7 heteroatoms. The van der Waals surface area contributed by atoms with Crippen molar-refractivity contribution < 1.29 is 24.2 Å². The summed E-state index contributed by atoms with van der Waals surface area (Å²) >= 11 is 1.42. The molecular formula is C26H25NO5S. The first-order valence-corrected chi connectivity index (χ1v) is 11.5. The van der Waals surface area contributed by atoms with Gasteiger partial charge in [0.1, 0.15) is 23.3 Å². The normalized spacial score (nSPS) is 17.6. The molecule has 1 aliphatic rings. The number of thiophene rings is 1. The highest BCUT2D eigenvalue weighted by Gasteiger charge is 2.47. The first-order chi connectivity index (χ1) is 15.8. The van der Waals surface area contributed by atoms with Crippen molar-refractivity contribution in [3.05, 3.63) is 81.6 Å². The minimum Gasteiger partial charge on any atom is -0.507 e. The van der Waals surface area contributed by atoms with E-state index in [1.807, 2.05) is 38.3 Å². The van der Waals surface area contributed by atoms with Crippen LogP contribution in [0.25, 0.3) is 5.76 Å². The SMILES string of the molecule is COc1cccc(N2C(=O)C(=O)/C(=C(\O)c3ccc(OC(C)C)c(C)c3)C2c2cccs2)c1. The van der Waals surface area contributed by atoms with Crippen molar-refractivity contribution in [2.45, 2.75) is 32.9 Å². The maximum Gasteiger partial charge on any atom is 0.300 e. The van der Waals surface area contributed by atoms with Crippen molar-refractivity contribution >= 4 is 34.5 Å². The molecule has 1 fully saturated rings. The highest BCUT2D eigenvalue weighted by atomic mass is 32.1. The molecule has 1 N–H and O–H groups in total. The number of hydrogen-bond acceptors (Lipinski definition) is 6. The van der Waals surface area contributed by atoms with Gasteiger partial charge in [-0.05, 0) is 68.1 Å². The molecule has 0 radical (unpaired) electrons. The van der Waals surface area contributed by atoms with Crippen LogP contribution < -0.4 is 14.4 Å². The highest BCUT2D eigenvalue weighted by molar-refractivity contribution is 7.10. The number of nitrogens with zero attached hydrogens (tertiary/aromatic N) is 1. The van der Waals surface area contributed by atoms with Crippen LogP contribution in [-0.2, 0) is 9.59 Å². The van der Waals surface area contributed by atoms with Crippen LogP contribution in [0.3, 0.4) is 0 Å². The van der Waals surface area contributed by atoms with Crippen molar-refractivity contribution in [1.82, 2.24) is 0 Å². The number of methoxy groups -OCH3 is 1. The third-order valence-corrected chi connectivity index (χ3v) is 6.32. The molecule has 0 aliphatic carbocycles. The summed E-state index contributed by atoms with van der Waals surface area (Å²) in [5.41, 5.74) is 1.85. The van der Waals surface area contributed by atoms with Gasteiger partial charge in [0.2, 0.25) is 0 Å². The number of aliphatic hydroxyl groups excluding tert-OH is 1. The second-order valence-electron chi connectivity index (χ2n) is 8.03. The molecule has 3 aromatic rings. The quantitative estimate of drug-likeness (QED) is 0.298. The van der Waals surface area contributed by atoms with Crippen LogP contribution in [0.4, 0.5) is 5.69 Å². The fourth-order valence-corrected chi connectivity index (χ4v) is 4.74. The topological polar surface area (TPSA) is 76.1 Å². The zero-order valence-electron chi connectivity index (χ0n) is 18.9. The maximum atomic E-state index is 13.2. The van der Waals surface area contributed by atoms with Crippen LogP contribution in [0, 0.1) is 6.92 Å². The van der Waals surface area contributed by atoms with Gasteiger partial charge < -0.3 is 14.6 Å². The first-order valence-electron chi connectivity index (χ1n) is 10.6. The molecule has 4 rings (SSSR count). The number of rotatable bonds is 6. The van der Waals surface area contributed by atoms with Crippen LogP contribution in [0.5, 0.6) is 11.5 Å². The van der Waals surface area contributed by atoms with Crippen LogP contribution in [0.15, 0.2) is 65.6 Å². The molecule has 1 unspecified atom stereocenters. The summed E-state index contributed by atoms with van der Waals surface area (Å²) in [4.78, 5) is 28.6. The predicted octanol–water partition coefficient (Wildman–Crippen LogP) is 5.48. The third kappa shape index (κ3) is 4.24. The van der Waals surface area contributed by atoms with Gasteiger partial charge in [-0.2, -0.15) is 0 Å². The second-order valence-corrected chi connectivity index (χ2v) is 9.01. The molecule has 1 aromatic heterocycles. The molecule has 170 valence electrons. The molecule has 0 saturated carbocycles. The number of ether oxygens (including phenoxy) is 2. The van der Waals surface area contributed by atoms with Crippen molar-refractivity contribution in [2.75, 3.05) is 12.0 Å². The Labute approximate surface area is 196 Å². The zero-order chi connectivity index (χ0) is 23.7. The Morgan fingerprint density at radius 1 is 1.09 bits per heavy atom. The second kappa shape index (κ2) is 9.11. The standard InChI is InChI=1S/C26H25NO5S/c1-15(2)32-20-11-10-17(13-16(20)3)24(28)22-23(21-9-6-12-33-21)27(26(30)25(22)29)18-7-5-8-19(14-18)31-4/h5-15,23,28H,1-4H3/b24-22-. The van der Waals surface area contributed by atoms with Crippen molar-refractivity contribution in [3.8, 4) is 11.5 Å².